The molecule has 1 rings (SSSR count). The number of Topliss-reactive ketones (excluding diaryl/α,β-unsaturated/α-hetero) is 1. The Hall–Kier alpha value is -3.16. The molecule has 27 heavy (non-hydrogen) atoms. The van der Waals surface area contributed by atoms with Crippen molar-refractivity contribution in [2.45, 2.75) is 20.8 Å². The Morgan fingerprint density at radius 2 is 1.11 bits per heavy atom. The zero-order valence-corrected chi connectivity index (χ0v) is 15.7. The van der Waals surface area contributed by atoms with Crippen molar-refractivity contribution in [1.82, 2.24) is 0 Å². The van der Waals surface area contributed by atoms with Crippen molar-refractivity contribution in [2.75, 3.05) is 26.9 Å². The van der Waals surface area contributed by atoms with Gasteiger partial charge in [-0.1, -0.05) is 0 Å². The molecule has 0 aromatic heterocycles. The highest BCUT2D eigenvalue weighted by Crippen LogP contribution is 2.20. The van der Waals surface area contributed by atoms with Crippen LogP contribution in [0.4, 0.5) is 0 Å². The number of carbonyl (C=O) groups excluding carboxylic acids is 4. The summed E-state index contributed by atoms with van der Waals surface area (Å²) in [4.78, 5) is 49.9. The molecule has 0 aliphatic rings. The van der Waals surface area contributed by atoms with Gasteiger partial charge in [-0.15, -0.1) is 0 Å². The first-order valence-electron chi connectivity index (χ1n) is 8.35. The second-order valence-corrected chi connectivity index (χ2v) is 4.97. The molecule has 1 aromatic carbocycles. The number of hydrogen-bond acceptors (Lipinski definition) is 8. The number of benzene rings is 1. The lowest BCUT2D eigenvalue weighted by Gasteiger charge is -2.12. The fourth-order valence-electron chi connectivity index (χ4n) is 2.09. The van der Waals surface area contributed by atoms with Crippen LogP contribution < -0.4 is 4.74 Å². The van der Waals surface area contributed by atoms with Crippen LogP contribution in [0.2, 0.25) is 0 Å². The van der Waals surface area contributed by atoms with Crippen LogP contribution in [0, 0.1) is 0 Å². The number of carbonyl (C=O) groups is 4. The summed E-state index contributed by atoms with van der Waals surface area (Å²) in [6.07, 6.45) is 0. The van der Waals surface area contributed by atoms with E-state index in [0.717, 1.165) is 0 Å². The number of ether oxygens (including phenoxy) is 4. The number of esters is 3. The Balaban J connectivity index is 3.57. The third-order valence-electron chi connectivity index (χ3n) is 3.27. The van der Waals surface area contributed by atoms with Crippen LogP contribution in [0.15, 0.2) is 35.4 Å². The maximum absolute atomic E-state index is 12.9. The van der Waals surface area contributed by atoms with Gasteiger partial charge < -0.3 is 18.9 Å². The normalized spacial score (nSPS) is 9.78. The number of hydrogen-bond donors (Lipinski definition) is 0. The number of rotatable bonds is 9. The van der Waals surface area contributed by atoms with Crippen molar-refractivity contribution < 1.29 is 38.1 Å². The topological polar surface area (TPSA) is 105 Å². The summed E-state index contributed by atoms with van der Waals surface area (Å²) < 4.78 is 19.5. The van der Waals surface area contributed by atoms with Crippen LogP contribution in [0.25, 0.3) is 0 Å². The van der Waals surface area contributed by atoms with E-state index < -0.39 is 34.8 Å². The minimum absolute atomic E-state index is 0.0584. The summed E-state index contributed by atoms with van der Waals surface area (Å²) >= 11 is 0. The first-order chi connectivity index (χ1) is 12.9. The number of ketones is 1. The molecule has 0 unspecified atom stereocenters. The highest BCUT2D eigenvalue weighted by atomic mass is 16.6. The molecule has 0 saturated carbocycles. The van der Waals surface area contributed by atoms with E-state index in [1.807, 2.05) is 0 Å². The minimum atomic E-state index is -1.14. The van der Waals surface area contributed by atoms with Crippen molar-refractivity contribution >= 4 is 23.7 Å². The lowest BCUT2D eigenvalue weighted by atomic mass is 9.98. The molecule has 8 heteroatoms. The average molecular weight is 378 g/mol. The highest BCUT2D eigenvalue weighted by Gasteiger charge is 2.35. The lowest BCUT2D eigenvalue weighted by Crippen LogP contribution is -2.28. The van der Waals surface area contributed by atoms with Gasteiger partial charge in [0, 0.05) is 5.56 Å². The van der Waals surface area contributed by atoms with E-state index in [1.54, 1.807) is 0 Å². The highest BCUT2D eigenvalue weighted by molar-refractivity contribution is 6.33. The van der Waals surface area contributed by atoms with E-state index in [9.17, 15) is 19.2 Å². The van der Waals surface area contributed by atoms with E-state index in [2.05, 4.69) is 0 Å². The van der Waals surface area contributed by atoms with Gasteiger partial charge in [0.15, 0.2) is 5.57 Å². The van der Waals surface area contributed by atoms with Crippen LogP contribution >= 0.6 is 0 Å². The average Bonchev–Trinajstić information content (AvgIpc) is 2.65. The lowest BCUT2D eigenvalue weighted by molar-refractivity contribution is -0.148. The minimum Gasteiger partial charge on any atom is -0.497 e. The van der Waals surface area contributed by atoms with Crippen molar-refractivity contribution in [3.8, 4) is 5.75 Å². The smallest absolute Gasteiger partial charge is 0.346 e. The zero-order valence-electron chi connectivity index (χ0n) is 15.7. The molecule has 0 aliphatic heterocycles. The van der Waals surface area contributed by atoms with E-state index in [-0.39, 0.29) is 25.4 Å². The van der Waals surface area contributed by atoms with Crippen LogP contribution in [0.3, 0.4) is 0 Å². The SMILES string of the molecule is CCOC(=O)C(C(=O)OCC)=C(C(=O)OCC)C(=O)c1ccc(OC)cc1. The second-order valence-electron chi connectivity index (χ2n) is 4.97. The summed E-state index contributed by atoms with van der Waals surface area (Å²) in [5, 5.41) is 0. The quantitative estimate of drug-likeness (QED) is 0.160. The van der Waals surface area contributed by atoms with Crippen LogP contribution in [-0.2, 0) is 28.6 Å². The van der Waals surface area contributed by atoms with Gasteiger partial charge in [-0.2, -0.15) is 0 Å². The van der Waals surface area contributed by atoms with E-state index in [4.69, 9.17) is 18.9 Å². The molecule has 0 heterocycles. The molecule has 1 aromatic rings. The maximum Gasteiger partial charge on any atom is 0.346 e. The summed E-state index contributed by atoms with van der Waals surface area (Å²) in [7, 11) is 1.46. The van der Waals surface area contributed by atoms with Crippen molar-refractivity contribution in [2.24, 2.45) is 0 Å². The fourth-order valence-corrected chi connectivity index (χ4v) is 2.09. The van der Waals surface area contributed by atoms with E-state index >= 15 is 0 Å². The van der Waals surface area contributed by atoms with Crippen LogP contribution in [0.1, 0.15) is 31.1 Å². The van der Waals surface area contributed by atoms with Crippen LogP contribution in [0.5, 0.6) is 5.75 Å². The van der Waals surface area contributed by atoms with Crippen molar-refractivity contribution in [3.63, 3.8) is 0 Å². The molecule has 0 atom stereocenters. The van der Waals surface area contributed by atoms with Gasteiger partial charge >= 0.3 is 17.9 Å². The van der Waals surface area contributed by atoms with E-state index in [0.29, 0.717) is 5.75 Å². The van der Waals surface area contributed by atoms with Gasteiger partial charge in [0.2, 0.25) is 5.78 Å². The first kappa shape index (κ1) is 21.9. The second kappa shape index (κ2) is 10.7. The fraction of sp³-hybridized carbons (Fsp3) is 0.368. The molecule has 0 radical (unpaired) electrons. The van der Waals surface area contributed by atoms with Gasteiger partial charge in [0.25, 0.3) is 0 Å². The third-order valence-corrected chi connectivity index (χ3v) is 3.27. The number of methoxy groups -OCH3 is 1. The molecular formula is C19H22O8. The van der Waals surface area contributed by atoms with Crippen LogP contribution in [-0.4, -0.2) is 50.6 Å². The predicted molar refractivity (Wildman–Crippen MR) is 94.2 cm³/mol. The Morgan fingerprint density at radius 1 is 0.704 bits per heavy atom. The maximum atomic E-state index is 12.9. The summed E-state index contributed by atoms with van der Waals surface area (Å²) in [6, 6.07) is 5.80. The van der Waals surface area contributed by atoms with Crippen molar-refractivity contribution in [1.29, 1.82) is 0 Å². The molecule has 0 spiro atoms. The first-order valence-corrected chi connectivity index (χ1v) is 8.35. The molecule has 0 aliphatic carbocycles. The predicted octanol–water partition coefficient (Wildman–Crippen LogP) is 1.86. The molecular weight excluding hydrogens is 356 g/mol. The van der Waals surface area contributed by atoms with Gasteiger partial charge in [0.05, 0.1) is 26.9 Å². The van der Waals surface area contributed by atoms with Gasteiger partial charge in [-0.25, -0.2) is 14.4 Å². The summed E-state index contributed by atoms with van der Waals surface area (Å²) in [5.41, 5.74) is -1.47. The van der Waals surface area contributed by atoms with Crippen molar-refractivity contribution in [3.05, 3.63) is 41.0 Å². The Morgan fingerprint density at radius 3 is 1.48 bits per heavy atom. The molecule has 0 saturated heterocycles. The molecule has 146 valence electrons. The molecule has 0 amide bonds. The molecule has 0 bridgehead atoms. The molecule has 0 fully saturated rings. The summed E-state index contributed by atoms with van der Waals surface area (Å²) in [6.45, 7) is 4.40. The van der Waals surface area contributed by atoms with Gasteiger partial charge in [-0.05, 0) is 45.0 Å². The molecule has 8 nitrogen and oxygen atoms in total. The third kappa shape index (κ3) is 5.67. The Kier molecular flexibility index (Phi) is 8.71. The largest absolute Gasteiger partial charge is 0.497 e. The van der Waals surface area contributed by atoms with Gasteiger partial charge in [-0.3, -0.25) is 4.79 Å². The zero-order chi connectivity index (χ0) is 20.4. The molecule has 0 N–H and O–H groups in total. The monoisotopic (exact) mass is 378 g/mol. The summed E-state index contributed by atoms with van der Waals surface area (Å²) in [5.74, 6) is -3.77. The van der Waals surface area contributed by atoms with Gasteiger partial charge in [0.1, 0.15) is 11.3 Å². The van der Waals surface area contributed by atoms with E-state index in [1.165, 1.54) is 52.1 Å². The standard InChI is InChI=1S/C19H22O8/c1-5-25-17(21)14(15(18(22)26-6-2)19(23)27-7-3)16(20)12-8-10-13(24-4)11-9-12/h8-11H,5-7H2,1-4H3. The Bertz CT molecular complexity index is 711. The Labute approximate surface area is 157 Å².